The van der Waals surface area contributed by atoms with Crippen molar-refractivity contribution in [2.75, 3.05) is 13.2 Å². The third-order valence-electron chi connectivity index (χ3n) is 5.82. The summed E-state index contributed by atoms with van der Waals surface area (Å²) in [5.41, 5.74) is 4.04. The molecule has 6 nitrogen and oxygen atoms in total. The highest BCUT2D eigenvalue weighted by molar-refractivity contribution is 5.66. The van der Waals surface area contributed by atoms with Gasteiger partial charge in [-0.15, -0.1) is 0 Å². The van der Waals surface area contributed by atoms with E-state index < -0.39 is 6.09 Å². The van der Waals surface area contributed by atoms with Gasteiger partial charge in [0.15, 0.2) is 0 Å². The van der Waals surface area contributed by atoms with Gasteiger partial charge >= 0.3 is 6.09 Å². The van der Waals surface area contributed by atoms with Crippen molar-refractivity contribution in [2.24, 2.45) is 7.05 Å². The van der Waals surface area contributed by atoms with E-state index in [4.69, 9.17) is 0 Å². The molecule has 2 aromatic carbocycles. The third-order valence-corrected chi connectivity index (χ3v) is 5.82. The second kappa shape index (κ2) is 10.8. The number of aromatic nitrogens is 2. The van der Waals surface area contributed by atoms with E-state index in [1.165, 1.54) is 10.5 Å². The third kappa shape index (κ3) is 5.95. The molecule has 0 spiro atoms. The van der Waals surface area contributed by atoms with Crippen molar-refractivity contribution in [1.82, 2.24) is 14.7 Å². The maximum atomic E-state index is 12.0. The van der Waals surface area contributed by atoms with E-state index in [1.807, 2.05) is 68.7 Å². The molecular weight excluding hydrogens is 390 g/mol. The van der Waals surface area contributed by atoms with Gasteiger partial charge in [-0.25, -0.2) is 4.79 Å². The highest BCUT2D eigenvalue weighted by Gasteiger charge is 2.23. The van der Waals surface area contributed by atoms with Crippen LogP contribution >= 0.6 is 0 Å². The molecule has 1 heterocycles. The van der Waals surface area contributed by atoms with Gasteiger partial charge in [-0.05, 0) is 49.3 Å². The molecule has 0 saturated carbocycles. The quantitative estimate of drug-likeness (QED) is 0.479. The molecule has 2 N–H and O–H groups in total. The molecule has 1 amide bonds. The summed E-state index contributed by atoms with van der Waals surface area (Å²) in [7, 11) is 1.88. The molecule has 0 aliphatic rings. The van der Waals surface area contributed by atoms with Crippen molar-refractivity contribution in [2.45, 2.75) is 38.1 Å². The molecule has 0 unspecified atom stereocenters. The van der Waals surface area contributed by atoms with Crippen molar-refractivity contribution in [1.29, 1.82) is 0 Å². The number of rotatable bonds is 10. The Hall–Kier alpha value is -3.12. The highest BCUT2D eigenvalue weighted by atomic mass is 16.4. The van der Waals surface area contributed by atoms with Gasteiger partial charge in [0, 0.05) is 32.0 Å². The number of amides is 1. The molecule has 0 aliphatic heterocycles. The smallest absolute Gasteiger partial charge is 0.407 e. The molecule has 0 saturated heterocycles. The van der Waals surface area contributed by atoms with E-state index in [-0.39, 0.29) is 18.6 Å². The number of aliphatic hydroxyl groups excluding tert-OH is 1. The topological polar surface area (TPSA) is 78.6 Å². The standard InChI is InChI=1S/C25H31N3O3/c1-19(20-10-12-23(13-11-20)24-15-16-27(2)26-24)28(25(30)31)17-14-22(9-6-18-29)21-7-4-3-5-8-21/h3-5,7-8,10-13,15-16,19,22,29H,6,9,14,17-18H2,1-2H3,(H,30,31)/t19-,22-/m0/s1. The molecule has 31 heavy (non-hydrogen) atoms. The minimum Gasteiger partial charge on any atom is -0.465 e. The number of aryl methyl sites for hydroxylation is 1. The zero-order valence-corrected chi connectivity index (χ0v) is 18.2. The molecule has 0 radical (unpaired) electrons. The van der Waals surface area contributed by atoms with Gasteiger partial charge in [-0.3, -0.25) is 4.68 Å². The molecule has 3 rings (SSSR count). The number of carboxylic acid groups (broad SMARTS) is 1. The fraction of sp³-hybridized carbons (Fsp3) is 0.360. The molecule has 2 atom stereocenters. The predicted molar refractivity (Wildman–Crippen MR) is 122 cm³/mol. The van der Waals surface area contributed by atoms with Crippen LogP contribution in [0.1, 0.15) is 49.3 Å². The normalized spacial score (nSPS) is 13.0. The molecule has 164 valence electrons. The lowest BCUT2D eigenvalue weighted by atomic mass is 9.91. The van der Waals surface area contributed by atoms with E-state index in [1.54, 1.807) is 4.68 Å². The number of aliphatic hydroxyl groups is 1. The minimum atomic E-state index is -0.921. The van der Waals surface area contributed by atoms with E-state index in [0.29, 0.717) is 19.4 Å². The van der Waals surface area contributed by atoms with E-state index in [0.717, 1.165) is 23.2 Å². The Morgan fingerprint density at radius 1 is 1.03 bits per heavy atom. The van der Waals surface area contributed by atoms with Gasteiger partial charge in [0.1, 0.15) is 0 Å². The highest BCUT2D eigenvalue weighted by Crippen LogP contribution is 2.29. The number of nitrogens with zero attached hydrogens (tertiary/aromatic N) is 3. The zero-order valence-electron chi connectivity index (χ0n) is 18.2. The lowest BCUT2D eigenvalue weighted by Crippen LogP contribution is -2.34. The van der Waals surface area contributed by atoms with E-state index in [9.17, 15) is 15.0 Å². The summed E-state index contributed by atoms with van der Waals surface area (Å²) in [6, 6.07) is 19.8. The van der Waals surface area contributed by atoms with E-state index in [2.05, 4.69) is 17.2 Å². The first kappa shape index (κ1) is 22.6. The molecule has 3 aromatic rings. The first-order valence-electron chi connectivity index (χ1n) is 10.7. The minimum absolute atomic E-state index is 0.144. The number of hydrogen-bond donors (Lipinski definition) is 2. The first-order valence-corrected chi connectivity index (χ1v) is 10.7. The molecule has 0 bridgehead atoms. The van der Waals surface area contributed by atoms with Crippen LogP contribution < -0.4 is 0 Å². The SMILES string of the molecule is C[C@@H](c1ccc(-c2ccn(C)n2)cc1)N(CC[C@H](CCCO)c1ccccc1)C(=O)O. The summed E-state index contributed by atoms with van der Waals surface area (Å²) in [6.45, 7) is 2.50. The zero-order chi connectivity index (χ0) is 22.2. The van der Waals surface area contributed by atoms with Gasteiger partial charge in [-0.1, -0.05) is 54.6 Å². The Kier molecular flexibility index (Phi) is 7.84. The van der Waals surface area contributed by atoms with Crippen LogP contribution in [0, 0.1) is 0 Å². The molecular formula is C25H31N3O3. The van der Waals surface area contributed by atoms with Gasteiger partial charge in [0.2, 0.25) is 0 Å². The van der Waals surface area contributed by atoms with Crippen LogP contribution in [-0.4, -0.2) is 44.1 Å². The van der Waals surface area contributed by atoms with Crippen molar-refractivity contribution in [3.8, 4) is 11.3 Å². The maximum Gasteiger partial charge on any atom is 0.407 e. The largest absolute Gasteiger partial charge is 0.465 e. The summed E-state index contributed by atoms with van der Waals surface area (Å²) < 4.78 is 1.76. The average Bonchev–Trinajstić information content (AvgIpc) is 3.22. The van der Waals surface area contributed by atoms with Crippen LogP contribution in [0.2, 0.25) is 0 Å². The Labute approximate surface area is 183 Å². The Balaban J connectivity index is 1.71. The first-order chi connectivity index (χ1) is 15.0. The number of hydrogen-bond acceptors (Lipinski definition) is 3. The van der Waals surface area contributed by atoms with Crippen LogP contribution in [0.25, 0.3) is 11.3 Å². The second-order valence-corrected chi connectivity index (χ2v) is 7.91. The summed E-state index contributed by atoms with van der Waals surface area (Å²) in [5.74, 6) is 0.217. The molecule has 1 aromatic heterocycles. The molecule has 0 fully saturated rings. The Morgan fingerprint density at radius 2 is 1.74 bits per heavy atom. The number of benzene rings is 2. The molecule has 6 heteroatoms. The lowest BCUT2D eigenvalue weighted by molar-refractivity contribution is 0.125. The summed E-state index contributed by atoms with van der Waals surface area (Å²) in [4.78, 5) is 13.5. The lowest BCUT2D eigenvalue weighted by Gasteiger charge is -2.29. The predicted octanol–water partition coefficient (Wildman–Crippen LogP) is 5.07. The fourth-order valence-electron chi connectivity index (χ4n) is 3.97. The van der Waals surface area contributed by atoms with Gasteiger partial charge < -0.3 is 15.1 Å². The fourth-order valence-corrected chi connectivity index (χ4v) is 3.97. The number of carbonyl (C=O) groups is 1. The van der Waals surface area contributed by atoms with Crippen molar-refractivity contribution in [3.05, 3.63) is 78.0 Å². The van der Waals surface area contributed by atoms with Crippen molar-refractivity contribution < 1.29 is 15.0 Å². The summed E-state index contributed by atoms with van der Waals surface area (Å²) >= 11 is 0. The maximum absolute atomic E-state index is 12.0. The summed E-state index contributed by atoms with van der Waals surface area (Å²) in [6.07, 6.45) is 3.23. The van der Waals surface area contributed by atoms with Crippen LogP contribution in [0.3, 0.4) is 0 Å². The molecule has 0 aliphatic carbocycles. The Morgan fingerprint density at radius 3 is 2.32 bits per heavy atom. The van der Waals surface area contributed by atoms with Gasteiger partial charge in [-0.2, -0.15) is 5.10 Å². The summed E-state index contributed by atoms with van der Waals surface area (Å²) in [5, 5.41) is 23.5. The van der Waals surface area contributed by atoms with Gasteiger partial charge in [0.05, 0.1) is 11.7 Å². The van der Waals surface area contributed by atoms with Crippen LogP contribution in [0.4, 0.5) is 4.79 Å². The monoisotopic (exact) mass is 421 g/mol. The Bertz CT molecular complexity index is 954. The van der Waals surface area contributed by atoms with Crippen molar-refractivity contribution >= 4 is 6.09 Å². The van der Waals surface area contributed by atoms with E-state index >= 15 is 0 Å². The second-order valence-electron chi connectivity index (χ2n) is 7.91. The van der Waals surface area contributed by atoms with Crippen molar-refractivity contribution in [3.63, 3.8) is 0 Å². The van der Waals surface area contributed by atoms with Crippen LogP contribution in [0.5, 0.6) is 0 Å². The van der Waals surface area contributed by atoms with Crippen LogP contribution in [0.15, 0.2) is 66.9 Å². The van der Waals surface area contributed by atoms with Crippen LogP contribution in [-0.2, 0) is 7.05 Å². The average molecular weight is 422 g/mol. The van der Waals surface area contributed by atoms with Gasteiger partial charge in [0.25, 0.3) is 0 Å².